The second-order valence-corrected chi connectivity index (χ2v) is 7.40. The Hall–Kier alpha value is -4.27. The van der Waals surface area contributed by atoms with E-state index in [1.807, 2.05) is 0 Å². The topological polar surface area (TPSA) is 83.8 Å². The number of hydrogen-bond donors (Lipinski definition) is 2. The van der Waals surface area contributed by atoms with Crippen LogP contribution in [0.4, 0.5) is 13.2 Å². The molecule has 0 fully saturated rings. The van der Waals surface area contributed by atoms with Crippen LogP contribution in [0, 0.1) is 17.5 Å². The van der Waals surface area contributed by atoms with E-state index in [1.54, 1.807) is 12.1 Å². The summed E-state index contributed by atoms with van der Waals surface area (Å²) in [6.45, 7) is 0. The summed E-state index contributed by atoms with van der Waals surface area (Å²) in [5.41, 5.74) is 0.159. The van der Waals surface area contributed by atoms with Gasteiger partial charge in [0.25, 0.3) is 0 Å². The summed E-state index contributed by atoms with van der Waals surface area (Å²) in [5, 5.41) is 20.8. The molecule has 0 radical (unpaired) electrons. The molecular weight excluding hydrogens is 435 g/mol. The lowest BCUT2D eigenvalue weighted by atomic mass is 10.0. The van der Waals surface area contributed by atoms with Crippen molar-refractivity contribution in [1.29, 1.82) is 0 Å². The predicted octanol–water partition coefficient (Wildman–Crippen LogP) is 5.00. The Labute approximate surface area is 185 Å². The molecule has 166 valence electrons. The zero-order chi connectivity index (χ0) is 23.1. The number of phenolic OH excluding ortho intramolecular Hbond substituents is 1. The Morgan fingerprint density at radius 2 is 1.67 bits per heavy atom. The summed E-state index contributed by atoms with van der Waals surface area (Å²) in [6, 6.07) is 10.8. The molecule has 0 bridgehead atoms. The highest BCUT2D eigenvalue weighted by Crippen LogP contribution is 2.34. The summed E-state index contributed by atoms with van der Waals surface area (Å²) in [4.78, 5) is 8.64. The number of furan rings is 1. The molecule has 0 amide bonds. The molecule has 9 heteroatoms. The third kappa shape index (κ3) is 3.57. The average Bonchev–Trinajstić information content (AvgIpc) is 3.41. The quantitative estimate of drug-likeness (QED) is 0.393. The van der Waals surface area contributed by atoms with Crippen molar-refractivity contribution in [3.05, 3.63) is 101 Å². The van der Waals surface area contributed by atoms with Crippen LogP contribution < -0.4 is 0 Å². The minimum Gasteiger partial charge on any atom is -0.505 e. The van der Waals surface area contributed by atoms with Gasteiger partial charge < -0.3 is 14.6 Å². The molecule has 5 aromatic rings. The number of benzene rings is 2. The molecule has 2 aromatic carbocycles. The SMILES string of the molecule is Oc1cccc(-c2ncc3nc(Cc4ccco4)c(O)n3c2Cc2c(F)cccc2F)c1F. The first kappa shape index (κ1) is 20.6. The van der Waals surface area contributed by atoms with Gasteiger partial charge in [-0.1, -0.05) is 12.1 Å². The minimum absolute atomic E-state index is 0.00389. The Balaban J connectivity index is 1.76. The molecule has 0 aliphatic carbocycles. The molecule has 2 N–H and O–H groups in total. The molecular formula is C24H16F3N3O3. The van der Waals surface area contributed by atoms with Gasteiger partial charge in [-0.2, -0.15) is 0 Å². The van der Waals surface area contributed by atoms with E-state index < -0.39 is 23.2 Å². The first-order valence-electron chi connectivity index (χ1n) is 9.95. The van der Waals surface area contributed by atoms with Gasteiger partial charge in [0, 0.05) is 17.5 Å². The highest BCUT2D eigenvalue weighted by atomic mass is 19.1. The molecule has 0 saturated heterocycles. The van der Waals surface area contributed by atoms with Crippen LogP contribution in [0.1, 0.15) is 22.7 Å². The summed E-state index contributed by atoms with van der Waals surface area (Å²) < 4.78 is 50.4. The van der Waals surface area contributed by atoms with Gasteiger partial charge in [0.1, 0.15) is 23.1 Å². The van der Waals surface area contributed by atoms with Gasteiger partial charge in [0.15, 0.2) is 17.2 Å². The maximum atomic E-state index is 14.8. The second kappa shape index (κ2) is 8.01. The van der Waals surface area contributed by atoms with E-state index in [1.165, 1.54) is 41.1 Å². The number of halogens is 3. The smallest absolute Gasteiger partial charge is 0.220 e. The van der Waals surface area contributed by atoms with E-state index in [4.69, 9.17) is 4.42 Å². The number of aromatic nitrogens is 3. The Morgan fingerprint density at radius 1 is 0.909 bits per heavy atom. The van der Waals surface area contributed by atoms with Crippen LogP contribution in [0.25, 0.3) is 16.9 Å². The fourth-order valence-electron chi connectivity index (χ4n) is 3.79. The fraction of sp³-hybridized carbons (Fsp3) is 0.0833. The number of fused-ring (bicyclic) bond motifs is 1. The van der Waals surface area contributed by atoms with E-state index in [9.17, 15) is 23.4 Å². The largest absolute Gasteiger partial charge is 0.505 e. The van der Waals surface area contributed by atoms with E-state index in [2.05, 4.69) is 9.97 Å². The van der Waals surface area contributed by atoms with Gasteiger partial charge in [-0.3, -0.25) is 9.38 Å². The Kier molecular flexibility index (Phi) is 5.01. The third-order valence-corrected chi connectivity index (χ3v) is 5.36. The number of imidazole rings is 1. The third-order valence-electron chi connectivity index (χ3n) is 5.36. The molecule has 6 nitrogen and oxygen atoms in total. The van der Waals surface area contributed by atoms with Gasteiger partial charge in [-0.15, -0.1) is 0 Å². The van der Waals surface area contributed by atoms with Crippen LogP contribution in [-0.2, 0) is 12.8 Å². The van der Waals surface area contributed by atoms with E-state index >= 15 is 0 Å². The summed E-state index contributed by atoms with van der Waals surface area (Å²) in [5.74, 6) is -2.91. The molecule has 0 spiro atoms. The Morgan fingerprint density at radius 3 is 2.39 bits per heavy atom. The molecule has 0 aliphatic heterocycles. The van der Waals surface area contributed by atoms with Gasteiger partial charge >= 0.3 is 0 Å². The van der Waals surface area contributed by atoms with E-state index in [0.29, 0.717) is 5.76 Å². The van der Waals surface area contributed by atoms with Crippen molar-refractivity contribution in [2.75, 3.05) is 0 Å². The molecule has 5 rings (SSSR count). The van der Waals surface area contributed by atoms with Crippen LogP contribution in [0.15, 0.2) is 65.4 Å². The highest BCUT2D eigenvalue weighted by molar-refractivity contribution is 5.67. The van der Waals surface area contributed by atoms with Crippen molar-refractivity contribution < 1.29 is 27.8 Å². The van der Waals surface area contributed by atoms with Crippen LogP contribution >= 0.6 is 0 Å². The molecule has 0 unspecified atom stereocenters. The number of rotatable bonds is 5. The predicted molar refractivity (Wildman–Crippen MR) is 112 cm³/mol. The first-order chi connectivity index (χ1) is 15.9. The number of phenols is 1. The monoisotopic (exact) mass is 451 g/mol. The average molecular weight is 451 g/mol. The number of hydrogen-bond acceptors (Lipinski definition) is 5. The standard InChI is InChI=1S/C24H16F3N3O3/c25-16-6-2-7-17(26)15(16)11-19-23(14-5-1-8-20(31)22(14)27)28-12-21-29-18(24(32)30(19)21)10-13-4-3-9-33-13/h1-9,12,31-32H,10-11H2. The number of aromatic hydroxyl groups is 2. The van der Waals surface area contributed by atoms with Crippen LogP contribution in [0.3, 0.4) is 0 Å². The molecule has 0 atom stereocenters. The van der Waals surface area contributed by atoms with Crippen molar-refractivity contribution in [3.8, 4) is 22.9 Å². The maximum Gasteiger partial charge on any atom is 0.220 e. The fourth-order valence-corrected chi connectivity index (χ4v) is 3.79. The van der Waals surface area contributed by atoms with Crippen molar-refractivity contribution in [2.45, 2.75) is 12.8 Å². The molecule has 0 saturated carbocycles. The van der Waals surface area contributed by atoms with E-state index in [0.717, 1.165) is 12.1 Å². The zero-order valence-corrected chi connectivity index (χ0v) is 17.0. The zero-order valence-electron chi connectivity index (χ0n) is 17.0. The van der Waals surface area contributed by atoms with Crippen LogP contribution in [-0.4, -0.2) is 24.6 Å². The summed E-state index contributed by atoms with van der Waals surface area (Å²) in [6.07, 6.45) is 2.59. The molecule has 3 heterocycles. The van der Waals surface area contributed by atoms with Crippen molar-refractivity contribution in [1.82, 2.24) is 14.4 Å². The van der Waals surface area contributed by atoms with Crippen molar-refractivity contribution in [3.63, 3.8) is 0 Å². The highest BCUT2D eigenvalue weighted by Gasteiger charge is 2.24. The molecule has 33 heavy (non-hydrogen) atoms. The van der Waals surface area contributed by atoms with E-state index in [-0.39, 0.29) is 52.6 Å². The maximum absolute atomic E-state index is 14.8. The minimum atomic E-state index is -0.949. The lowest BCUT2D eigenvalue weighted by molar-refractivity contribution is 0.433. The normalized spacial score (nSPS) is 11.4. The van der Waals surface area contributed by atoms with Gasteiger partial charge in [-0.05, 0) is 36.4 Å². The number of nitrogens with zero attached hydrogens (tertiary/aromatic N) is 3. The van der Waals surface area contributed by atoms with Crippen molar-refractivity contribution >= 4 is 5.65 Å². The van der Waals surface area contributed by atoms with Gasteiger partial charge in [0.2, 0.25) is 5.88 Å². The second-order valence-electron chi connectivity index (χ2n) is 7.40. The summed E-state index contributed by atoms with van der Waals surface area (Å²) >= 11 is 0. The summed E-state index contributed by atoms with van der Waals surface area (Å²) in [7, 11) is 0. The lowest BCUT2D eigenvalue weighted by Crippen LogP contribution is -2.07. The van der Waals surface area contributed by atoms with Gasteiger partial charge in [0.05, 0.1) is 30.3 Å². The first-order valence-corrected chi connectivity index (χ1v) is 9.95. The Bertz CT molecular complexity index is 1460. The van der Waals surface area contributed by atoms with Crippen molar-refractivity contribution in [2.24, 2.45) is 0 Å². The van der Waals surface area contributed by atoms with Crippen LogP contribution in [0.5, 0.6) is 11.6 Å². The molecule has 0 aliphatic rings. The molecule has 3 aromatic heterocycles. The van der Waals surface area contributed by atoms with Gasteiger partial charge in [-0.25, -0.2) is 18.2 Å². The van der Waals surface area contributed by atoms with Crippen LogP contribution in [0.2, 0.25) is 0 Å². The lowest BCUT2D eigenvalue weighted by Gasteiger charge is -2.14.